The Morgan fingerprint density at radius 2 is 2.09 bits per heavy atom. The Morgan fingerprint density at radius 1 is 1.39 bits per heavy atom. The molecule has 2 amide bonds. The average Bonchev–Trinajstić information content (AvgIpc) is 2.45. The maximum Gasteiger partial charge on any atom is 0.415 e. The molecular formula is C16H24N4O3. The first-order chi connectivity index (χ1) is 10.7. The second-order valence-electron chi connectivity index (χ2n) is 6.59. The number of hydrogen-bond acceptors (Lipinski definition) is 5. The van der Waals surface area contributed by atoms with Gasteiger partial charge in [-0.1, -0.05) is 6.08 Å². The number of carbonyl (C=O) groups is 2. The molecule has 2 rings (SSSR count). The molecule has 0 aromatic heterocycles. The molecule has 7 heteroatoms. The van der Waals surface area contributed by atoms with Crippen LogP contribution in [-0.2, 0) is 9.53 Å². The standard InChI is InChI=1S/C16H24N4O3/c1-16(2,3)23-15(22)20-12(10-4-6-19-7-5-10)8-11(17)9-13(20)14(18)21/h4,8-9,12,19H,5-7,17H2,1-3H3,(H2,18,21). The van der Waals surface area contributed by atoms with Gasteiger partial charge in [0.05, 0.1) is 6.04 Å². The van der Waals surface area contributed by atoms with Crippen molar-refractivity contribution in [3.8, 4) is 0 Å². The summed E-state index contributed by atoms with van der Waals surface area (Å²) >= 11 is 0. The molecule has 0 radical (unpaired) electrons. The molecule has 1 unspecified atom stereocenters. The summed E-state index contributed by atoms with van der Waals surface area (Å²) in [4.78, 5) is 25.7. The normalized spacial score (nSPS) is 22.0. The Hall–Kier alpha value is -2.28. The fourth-order valence-corrected chi connectivity index (χ4v) is 2.58. The summed E-state index contributed by atoms with van der Waals surface area (Å²) in [6.45, 7) is 6.81. The van der Waals surface area contributed by atoms with Crippen molar-refractivity contribution in [1.29, 1.82) is 0 Å². The number of nitrogens with zero attached hydrogens (tertiary/aromatic N) is 1. The van der Waals surface area contributed by atoms with E-state index in [1.165, 1.54) is 11.0 Å². The maximum atomic E-state index is 12.6. The zero-order valence-electron chi connectivity index (χ0n) is 13.8. The van der Waals surface area contributed by atoms with Crippen molar-refractivity contribution in [2.45, 2.75) is 38.8 Å². The van der Waals surface area contributed by atoms with Gasteiger partial charge in [0.15, 0.2) is 0 Å². The van der Waals surface area contributed by atoms with E-state index < -0.39 is 23.6 Å². The third-order valence-corrected chi connectivity index (χ3v) is 3.51. The molecule has 0 bridgehead atoms. The lowest BCUT2D eigenvalue weighted by Crippen LogP contribution is -2.48. The quantitative estimate of drug-likeness (QED) is 0.650. The van der Waals surface area contributed by atoms with E-state index in [2.05, 4.69) is 5.32 Å². The summed E-state index contributed by atoms with van der Waals surface area (Å²) in [7, 11) is 0. The summed E-state index contributed by atoms with van der Waals surface area (Å²) < 4.78 is 5.44. The third-order valence-electron chi connectivity index (χ3n) is 3.51. The Morgan fingerprint density at radius 3 is 2.61 bits per heavy atom. The van der Waals surface area contributed by atoms with Gasteiger partial charge in [-0.3, -0.25) is 9.69 Å². The molecule has 7 nitrogen and oxygen atoms in total. The minimum absolute atomic E-state index is 0.0451. The van der Waals surface area contributed by atoms with Crippen molar-refractivity contribution in [1.82, 2.24) is 10.2 Å². The number of ether oxygens (including phenoxy) is 1. The van der Waals surface area contributed by atoms with Crippen LogP contribution < -0.4 is 16.8 Å². The van der Waals surface area contributed by atoms with E-state index in [4.69, 9.17) is 16.2 Å². The highest BCUT2D eigenvalue weighted by Gasteiger charge is 2.36. The van der Waals surface area contributed by atoms with E-state index >= 15 is 0 Å². The first kappa shape index (κ1) is 17.1. The molecule has 0 aliphatic carbocycles. The van der Waals surface area contributed by atoms with Crippen molar-refractivity contribution >= 4 is 12.0 Å². The summed E-state index contributed by atoms with van der Waals surface area (Å²) in [6, 6.07) is -0.459. The lowest BCUT2D eigenvalue weighted by atomic mass is 9.95. The Labute approximate surface area is 136 Å². The summed E-state index contributed by atoms with van der Waals surface area (Å²) in [5, 5.41) is 3.21. The van der Waals surface area contributed by atoms with Crippen LogP contribution in [0.2, 0.25) is 0 Å². The number of rotatable bonds is 2. The Bertz CT molecular complexity index is 599. The van der Waals surface area contributed by atoms with E-state index in [0.29, 0.717) is 12.2 Å². The first-order valence-corrected chi connectivity index (χ1v) is 7.59. The van der Waals surface area contributed by atoms with Crippen LogP contribution in [0.3, 0.4) is 0 Å². The highest BCUT2D eigenvalue weighted by atomic mass is 16.6. The van der Waals surface area contributed by atoms with Crippen LogP contribution >= 0.6 is 0 Å². The van der Waals surface area contributed by atoms with Crippen LogP contribution in [0.5, 0.6) is 0 Å². The molecule has 5 N–H and O–H groups in total. The van der Waals surface area contributed by atoms with Crippen molar-refractivity contribution in [2.75, 3.05) is 13.1 Å². The molecular weight excluding hydrogens is 296 g/mol. The zero-order valence-corrected chi connectivity index (χ0v) is 13.8. The Kier molecular flexibility index (Phi) is 4.79. The van der Waals surface area contributed by atoms with Gasteiger partial charge in [-0.2, -0.15) is 0 Å². The maximum absolute atomic E-state index is 12.6. The average molecular weight is 320 g/mol. The van der Waals surface area contributed by atoms with Crippen LogP contribution in [-0.4, -0.2) is 41.6 Å². The molecule has 2 aliphatic rings. The smallest absolute Gasteiger partial charge is 0.415 e. The second kappa shape index (κ2) is 6.45. The van der Waals surface area contributed by atoms with E-state index in [-0.39, 0.29) is 5.70 Å². The summed E-state index contributed by atoms with van der Waals surface area (Å²) in [6.07, 6.45) is 5.28. The van der Waals surface area contributed by atoms with Crippen molar-refractivity contribution in [3.05, 3.63) is 35.2 Å². The van der Waals surface area contributed by atoms with Gasteiger partial charge in [0, 0.05) is 12.2 Å². The lowest BCUT2D eigenvalue weighted by Gasteiger charge is -2.36. The summed E-state index contributed by atoms with van der Waals surface area (Å²) in [5.41, 5.74) is 12.1. The molecule has 0 saturated carbocycles. The number of carbonyl (C=O) groups excluding carboxylic acids is 2. The molecule has 2 aliphatic heterocycles. The monoisotopic (exact) mass is 320 g/mol. The molecule has 0 spiro atoms. The van der Waals surface area contributed by atoms with Gasteiger partial charge in [-0.15, -0.1) is 0 Å². The molecule has 1 atom stereocenters. The molecule has 23 heavy (non-hydrogen) atoms. The Balaban J connectivity index is 2.40. The van der Waals surface area contributed by atoms with Gasteiger partial charge in [-0.25, -0.2) is 4.79 Å². The fourth-order valence-electron chi connectivity index (χ4n) is 2.58. The van der Waals surface area contributed by atoms with E-state index in [9.17, 15) is 9.59 Å². The van der Waals surface area contributed by atoms with Crippen LogP contribution in [0.1, 0.15) is 27.2 Å². The largest absolute Gasteiger partial charge is 0.443 e. The molecule has 2 heterocycles. The van der Waals surface area contributed by atoms with Crippen LogP contribution in [0, 0.1) is 0 Å². The number of allylic oxidation sites excluding steroid dienone is 1. The van der Waals surface area contributed by atoms with Crippen LogP contribution in [0.4, 0.5) is 4.79 Å². The molecule has 0 fully saturated rings. The number of amides is 2. The molecule has 0 saturated heterocycles. The first-order valence-electron chi connectivity index (χ1n) is 7.59. The topological polar surface area (TPSA) is 111 Å². The zero-order chi connectivity index (χ0) is 17.2. The van der Waals surface area contributed by atoms with Gasteiger partial charge in [-0.05, 0) is 51.5 Å². The third kappa shape index (κ3) is 4.13. The minimum Gasteiger partial charge on any atom is -0.443 e. The number of primary amides is 1. The van der Waals surface area contributed by atoms with Crippen molar-refractivity contribution < 1.29 is 14.3 Å². The second-order valence-corrected chi connectivity index (χ2v) is 6.59. The van der Waals surface area contributed by atoms with Crippen LogP contribution in [0.15, 0.2) is 35.2 Å². The fraction of sp³-hybridized carbons (Fsp3) is 0.500. The van der Waals surface area contributed by atoms with Gasteiger partial charge in [0.2, 0.25) is 0 Å². The van der Waals surface area contributed by atoms with Crippen molar-refractivity contribution in [3.63, 3.8) is 0 Å². The minimum atomic E-state index is -0.716. The number of hydrogen-bond donors (Lipinski definition) is 3. The van der Waals surface area contributed by atoms with Crippen molar-refractivity contribution in [2.24, 2.45) is 11.5 Å². The molecule has 0 aromatic carbocycles. The van der Waals surface area contributed by atoms with Gasteiger partial charge in [0.25, 0.3) is 5.91 Å². The molecule has 126 valence electrons. The van der Waals surface area contributed by atoms with E-state index in [0.717, 1.165) is 18.5 Å². The highest BCUT2D eigenvalue weighted by molar-refractivity contribution is 5.96. The predicted molar refractivity (Wildman–Crippen MR) is 87.0 cm³/mol. The van der Waals surface area contributed by atoms with E-state index in [1.54, 1.807) is 26.8 Å². The SMILES string of the molecule is CC(C)(C)OC(=O)N1C(C(N)=O)=CC(N)=CC1C1=CCNCC1. The van der Waals surface area contributed by atoms with Crippen LogP contribution in [0.25, 0.3) is 0 Å². The lowest BCUT2D eigenvalue weighted by molar-refractivity contribution is -0.116. The van der Waals surface area contributed by atoms with Gasteiger partial charge < -0.3 is 21.5 Å². The van der Waals surface area contributed by atoms with Gasteiger partial charge in [0.1, 0.15) is 11.3 Å². The number of nitrogens with two attached hydrogens (primary N) is 2. The molecule has 0 aromatic rings. The summed E-state index contributed by atoms with van der Waals surface area (Å²) in [5.74, 6) is -0.716. The number of nitrogens with one attached hydrogen (secondary N) is 1. The predicted octanol–water partition coefficient (Wildman–Crippen LogP) is 0.737. The van der Waals surface area contributed by atoms with E-state index in [1.807, 2.05) is 6.08 Å². The van der Waals surface area contributed by atoms with Gasteiger partial charge >= 0.3 is 6.09 Å². The highest BCUT2D eigenvalue weighted by Crippen LogP contribution is 2.28.